The Morgan fingerprint density at radius 2 is 2.54 bits per heavy atom. The lowest BCUT2D eigenvalue weighted by Crippen LogP contribution is -2.26. The van der Waals surface area contributed by atoms with Gasteiger partial charge in [0.25, 0.3) is 0 Å². The van der Waals surface area contributed by atoms with E-state index in [1.165, 1.54) is 18.4 Å². The van der Waals surface area contributed by atoms with E-state index < -0.39 is 0 Å². The van der Waals surface area contributed by atoms with Crippen LogP contribution >= 0.6 is 22.9 Å². The largest absolute Gasteiger partial charge is 0.468 e. The SMILES string of the molecule is COC(=O)CN(C)c1nc(Cl)cs1. The van der Waals surface area contributed by atoms with Crippen LogP contribution in [0, 0.1) is 0 Å². The van der Waals surface area contributed by atoms with Crippen LogP contribution in [0.1, 0.15) is 0 Å². The zero-order valence-corrected chi connectivity index (χ0v) is 8.85. The first-order chi connectivity index (χ1) is 6.13. The molecule has 0 fully saturated rings. The number of nitrogens with zero attached hydrogens (tertiary/aromatic N) is 2. The maximum Gasteiger partial charge on any atom is 0.325 e. The summed E-state index contributed by atoms with van der Waals surface area (Å²) in [6.45, 7) is 0.181. The number of hydrogen-bond donors (Lipinski definition) is 0. The van der Waals surface area contributed by atoms with E-state index in [-0.39, 0.29) is 12.5 Å². The van der Waals surface area contributed by atoms with Gasteiger partial charge in [0.15, 0.2) is 5.13 Å². The fourth-order valence-electron chi connectivity index (χ4n) is 0.747. The quantitative estimate of drug-likeness (QED) is 0.723. The summed E-state index contributed by atoms with van der Waals surface area (Å²) in [6.07, 6.45) is 0. The first kappa shape index (κ1) is 10.3. The predicted molar refractivity (Wildman–Crippen MR) is 52.4 cm³/mol. The first-order valence-electron chi connectivity index (χ1n) is 3.52. The summed E-state index contributed by atoms with van der Waals surface area (Å²) in [5.41, 5.74) is 0. The van der Waals surface area contributed by atoms with Crippen molar-refractivity contribution in [2.45, 2.75) is 0 Å². The van der Waals surface area contributed by atoms with Crippen molar-refractivity contribution in [1.82, 2.24) is 4.98 Å². The van der Waals surface area contributed by atoms with Crippen molar-refractivity contribution < 1.29 is 9.53 Å². The number of anilines is 1. The van der Waals surface area contributed by atoms with Gasteiger partial charge >= 0.3 is 5.97 Å². The molecule has 0 aromatic carbocycles. The van der Waals surface area contributed by atoms with Gasteiger partial charge < -0.3 is 9.64 Å². The number of halogens is 1. The van der Waals surface area contributed by atoms with Crippen LogP contribution in [0.2, 0.25) is 5.15 Å². The number of esters is 1. The minimum Gasteiger partial charge on any atom is -0.468 e. The Kier molecular flexibility index (Phi) is 3.50. The van der Waals surface area contributed by atoms with Crippen LogP contribution in [0.3, 0.4) is 0 Å². The molecule has 1 aromatic heterocycles. The molecule has 0 radical (unpaired) electrons. The molecule has 0 bridgehead atoms. The maximum atomic E-state index is 10.9. The van der Waals surface area contributed by atoms with Gasteiger partial charge in [-0.05, 0) is 0 Å². The average molecular weight is 221 g/mol. The molecule has 0 unspecified atom stereocenters. The van der Waals surface area contributed by atoms with E-state index in [4.69, 9.17) is 11.6 Å². The molecule has 13 heavy (non-hydrogen) atoms. The maximum absolute atomic E-state index is 10.9. The van der Waals surface area contributed by atoms with Gasteiger partial charge in [-0.25, -0.2) is 4.98 Å². The molecular weight excluding hydrogens is 212 g/mol. The van der Waals surface area contributed by atoms with Gasteiger partial charge in [0.1, 0.15) is 11.7 Å². The number of aromatic nitrogens is 1. The second kappa shape index (κ2) is 4.43. The highest BCUT2D eigenvalue weighted by Crippen LogP contribution is 2.21. The van der Waals surface area contributed by atoms with Gasteiger partial charge in [0, 0.05) is 12.4 Å². The van der Waals surface area contributed by atoms with Crippen molar-refractivity contribution in [2.24, 2.45) is 0 Å². The molecule has 6 heteroatoms. The van der Waals surface area contributed by atoms with Crippen molar-refractivity contribution >= 4 is 34.0 Å². The molecule has 0 N–H and O–H groups in total. The molecule has 0 atom stereocenters. The summed E-state index contributed by atoms with van der Waals surface area (Å²) in [7, 11) is 3.11. The van der Waals surface area contributed by atoms with E-state index in [1.54, 1.807) is 17.3 Å². The Morgan fingerprint density at radius 1 is 1.85 bits per heavy atom. The van der Waals surface area contributed by atoms with E-state index in [0.717, 1.165) is 0 Å². The summed E-state index contributed by atoms with van der Waals surface area (Å²) in [4.78, 5) is 16.6. The van der Waals surface area contributed by atoms with Gasteiger partial charge in [-0.1, -0.05) is 11.6 Å². The molecule has 1 rings (SSSR count). The lowest BCUT2D eigenvalue weighted by atomic mass is 10.6. The van der Waals surface area contributed by atoms with Crippen molar-refractivity contribution in [3.05, 3.63) is 10.5 Å². The van der Waals surface area contributed by atoms with Crippen LogP contribution in [0.25, 0.3) is 0 Å². The lowest BCUT2D eigenvalue weighted by molar-refractivity contribution is -0.138. The highest BCUT2D eigenvalue weighted by molar-refractivity contribution is 7.14. The number of likely N-dealkylation sites (N-methyl/N-ethyl adjacent to an activating group) is 1. The normalized spacial score (nSPS) is 9.77. The molecule has 0 aliphatic rings. The van der Waals surface area contributed by atoms with Gasteiger partial charge in [-0.2, -0.15) is 0 Å². The van der Waals surface area contributed by atoms with Gasteiger partial charge in [0.05, 0.1) is 7.11 Å². The average Bonchev–Trinajstić information content (AvgIpc) is 2.51. The van der Waals surface area contributed by atoms with Crippen LogP contribution in [-0.2, 0) is 9.53 Å². The zero-order chi connectivity index (χ0) is 9.84. The number of methoxy groups -OCH3 is 1. The van der Waals surface area contributed by atoms with Crippen molar-refractivity contribution in [2.75, 3.05) is 25.6 Å². The third-order valence-electron chi connectivity index (χ3n) is 1.38. The molecule has 0 amide bonds. The summed E-state index contributed by atoms with van der Waals surface area (Å²) in [5.74, 6) is -0.297. The fourth-order valence-corrected chi connectivity index (χ4v) is 1.66. The van der Waals surface area contributed by atoms with E-state index in [9.17, 15) is 4.79 Å². The Hall–Kier alpha value is -0.810. The number of thiazole rings is 1. The standard InChI is InChI=1S/C7H9ClN2O2S/c1-10(3-6(11)12-2)7-9-5(8)4-13-7/h4H,3H2,1-2H3. The third kappa shape index (κ3) is 2.86. The molecule has 0 saturated heterocycles. The lowest BCUT2D eigenvalue weighted by Gasteiger charge is -2.12. The van der Waals surface area contributed by atoms with Crippen LogP contribution in [0.4, 0.5) is 5.13 Å². The van der Waals surface area contributed by atoms with Gasteiger partial charge in [-0.15, -0.1) is 11.3 Å². The number of rotatable bonds is 3. The third-order valence-corrected chi connectivity index (χ3v) is 2.66. The summed E-state index contributed by atoms with van der Waals surface area (Å²) >= 11 is 7.02. The van der Waals surface area contributed by atoms with E-state index >= 15 is 0 Å². The molecular formula is C7H9ClN2O2S. The molecule has 1 aromatic rings. The first-order valence-corrected chi connectivity index (χ1v) is 4.78. The molecule has 0 aliphatic carbocycles. The highest BCUT2D eigenvalue weighted by atomic mass is 35.5. The molecule has 0 aliphatic heterocycles. The smallest absolute Gasteiger partial charge is 0.325 e. The van der Waals surface area contributed by atoms with Crippen LogP contribution < -0.4 is 4.90 Å². The minimum absolute atomic E-state index is 0.181. The Labute approximate surface area is 85.1 Å². The number of hydrogen-bond acceptors (Lipinski definition) is 5. The number of ether oxygens (including phenoxy) is 1. The Morgan fingerprint density at radius 3 is 3.00 bits per heavy atom. The second-order valence-electron chi connectivity index (χ2n) is 2.38. The van der Waals surface area contributed by atoms with Gasteiger partial charge in [-0.3, -0.25) is 4.79 Å². The monoisotopic (exact) mass is 220 g/mol. The molecule has 0 spiro atoms. The molecule has 1 heterocycles. The van der Waals surface area contributed by atoms with Crippen LogP contribution in [0.15, 0.2) is 5.38 Å². The topological polar surface area (TPSA) is 42.4 Å². The fraction of sp³-hybridized carbons (Fsp3) is 0.429. The van der Waals surface area contributed by atoms with Crippen molar-refractivity contribution in [1.29, 1.82) is 0 Å². The summed E-state index contributed by atoms with van der Waals surface area (Å²) < 4.78 is 4.51. The highest BCUT2D eigenvalue weighted by Gasteiger charge is 2.10. The Balaban J connectivity index is 2.58. The minimum atomic E-state index is -0.297. The van der Waals surface area contributed by atoms with Crippen LogP contribution in [0.5, 0.6) is 0 Å². The molecule has 4 nitrogen and oxygen atoms in total. The van der Waals surface area contributed by atoms with Crippen molar-refractivity contribution in [3.8, 4) is 0 Å². The molecule has 0 saturated carbocycles. The Bertz CT molecular complexity index is 302. The molecule has 72 valence electrons. The second-order valence-corrected chi connectivity index (χ2v) is 3.61. The number of carbonyl (C=O) groups excluding carboxylic acids is 1. The van der Waals surface area contributed by atoms with Crippen LogP contribution in [-0.4, -0.2) is 31.7 Å². The summed E-state index contributed by atoms with van der Waals surface area (Å²) in [5, 5.41) is 2.86. The summed E-state index contributed by atoms with van der Waals surface area (Å²) in [6, 6.07) is 0. The number of carbonyl (C=O) groups is 1. The van der Waals surface area contributed by atoms with E-state index in [0.29, 0.717) is 10.3 Å². The predicted octanol–water partition coefficient (Wildman–Crippen LogP) is 1.41. The van der Waals surface area contributed by atoms with E-state index in [1.807, 2.05) is 0 Å². The van der Waals surface area contributed by atoms with E-state index in [2.05, 4.69) is 9.72 Å². The van der Waals surface area contributed by atoms with Gasteiger partial charge in [0.2, 0.25) is 0 Å². The zero-order valence-electron chi connectivity index (χ0n) is 7.28. The van der Waals surface area contributed by atoms with Crippen molar-refractivity contribution in [3.63, 3.8) is 0 Å².